The molecule has 0 spiro atoms. The average molecular weight is 315 g/mol. The van der Waals surface area contributed by atoms with E-state index in [-0.39, 0.29) is 10.6 Å². The lowest BCUT2D eigenvalue weighted by atomic mass is 10.0. The van der Waals surface area contributed by atoms with Crippen LogP contribution >= 0.6 is 15.9 Å². The zero-order valence-electron chi connectivity index (χ0n) is 9.34. The molecule has 0 heterocycles. The van der Waals surface area contributed by atoms with Crippen LogP contribution in [0.4, 0.5) is 13.2 Å². The van der Waals surface area contributed by atoms with Crippen molar-refractivity contribution in [2.24, 2.45) is 0 Å². The highest BCUT2D eigenvalue weighted by atomic mass is 79.9. The lowest BCUT2D eigenvalue weighted by molar-refractivity contribution is 0.571. The molecular formula is C14H10BrF3. The first kappa shape index (κ1) is 13.1. The quantitative estimate of drug-likeness (QED) is 0.715. The summed E-state index contributed by atoms with van der Waals surface area (Å²) in [6.45, 7) is 0. The Morgan fingerprint density at radius 3 is 2.11 bits per heavy atom. The second-order valence-corrected chi connectivity index (χ2v) is 5.06. The Morgan fingerprint density at radius 1 is 0.889 bits per heavy atom. The fraction of sp³-hybridized carbons (Fsp3) is 0.143. The number of hydrogen-bond donors (Lipinski definition) is 0. The summed E-state index contributed by atoms with van der Waals surface area (Å²) in [5.41, 5.74) is 1.27. The van der Waals surface area contributed by atoms with E-state index in [1.54, 1.807) is 12.1 Å². The monoisotopic (exact) mass is 314 g/mol. The van der Waals surface area contributed by atoms with Crippen LogP contribution in [0.3, 0.4) is 0 Å². The van der Waals surface area contributed by atoms with Gasteiger partial charge in [-0.05, 0) is 35.7 Å². The average Bonchev–Trinajstić information content (AvgIpc) is 2.33. The topological polar surface area (TPSA) is 0 Å². The molecule has 18 heavy (non-hydrogen) atoms. The minimum atomic E-state index is -0.593. The molecule has 0 bridgehead atoms. The predicted molar refractivity (Wildman–Crippen MR) is 68.1 cm³/mol. The van der Waals surface area contributed by atoms with Gasteiger partial charge in [-0.2, -0.15) is 0 Å². The Bertz CT molecular complexity index is 537. The molecule has 0 saturated carbocycles. The van der Waals surface area contributed by atoms with Crippen LogP contribution in [0.2, 0.25) is 0 Å². The molecule has 1 atom stereocenters. The summed E-state index contributed by atoms with van der Waals surface area (Å²) in [6, 6.07) is 9.48. The Hall–Kier alpha value is -1.29. The molecule has 1 unspecified atom stereocenters. The van der Waals surface area contributed by atoms with Crippen LogP contribution in [0.1, 0.15) is 16.0 Å². The fourth-order valence-electron chi connectivity index (χ4n) is 1.67. The highest BCUT2D eigenvalue weighted by molar-refractivity contribution is 9.09. The summed E-state index contributed by atoms with van der Waals surface area (Å²) in [4.78, 5) is -0.141. The molecule has 0 nitrogen and oxygen atoms in total. The summed E-state index contributed by atoms with van der Waals surface area (Å²) in [6.07, 6.45) is 0.373. The third-order valence-corrected chi connectivity index (χ3v) is 3.50. The Kier molecular flexibility index (Phi) is 4.07. The van der Waals surface area contributed by atoms with Crippen LogP contribution in [0.5, 0.6) is 0 Å². The molecule has 2 rings (SSSR count). The van der Waals surface area contributed by atoms with Crippen LogP contribution in [0.25, 0.3) is 0 Å². The Morgan fingerprint density at radius 2 is 1.50 bits per heavy atom. The van der Waals surface area contributed by atoms with Gasteiger partial charge in [0, 0.05) is 10.9 Å². The molecule has 0 radical (unpaired) electrons. The van der Waals surface area contributed by atoms with Gasteiger partial charge in [0.1, 0.15) is 17.5 Å². The number of alkyl halides is 1. The van der Waals surface area contributed by atoms with Crippen molar-refractivity contribution in [3.8, 4) is 0 Å². The van der Waals surface area contributed by atoms with Gasteiger partial charge in [-0.15, -0.1) is 0 Å². The molecule has 0 N–H and O–H groups in total. The van der Waals surface area contributed by atoms with E-state index in [0.717, 1.165) is 11.6 Å². The molecule has 2 aromatic carbocycles. The van der Waals surface area contributed by atoms with Gasteiger partial charge >= 0.3 is 0 Å². The zero-order valence-corrected chi connectivity index (χ0v) is 10.9. The summed E-state index contributed by atoms with van der Waals surface area (Å²) < 4.78 is 39.0. The third-order valence-electron chi connectivity index (χ3n) is 2.65. The number of rotatable bonds is 3. The van der Waals surface area contributed by atoms with Crippen molar-refractivity contribution in [1.29, 1.82) is 0 Å². The second-order valence-electron chi connectivity index (χ2n) is 3.96. The summed E-state index contributed by atoms with van der Waals surface area (Å²) >= 11 is 3.42. The van der Waals surface area contributed by atoms with Crippen molar-refractivity contribution in [3.05, 3.63) is 71.0 Å². The van der Waals surface area contributed by atoms with Gasteiger partial charge in [0.2, 0.25) is 0 Å². The van der Waals surface area contributed by atoms with Gasteiger partial charge in [-0.1, -0.05) is 34.1 Å². The molecule has 0 fully saturated rings. The van der Waals surface area contributed by atoms with E-state index in [0.29, 0.717) is 12.0 Å². The van der Waals surface area contributed by atoms with E-state index in [1.165, 1.54) is 24.3 Å². The number of benzene rings is 2. The Balaban J connectivity index is 2.15. The third kappa shape index (κ3) is 3.13. The molecule has 0 saturated heterocycles. The molecule has 2 aromatic rings. The standard InChI is InChI=1S/C14H10BrF3/c15-13(9-1-4-11(16)5-2-9)7-10-3-6-12(17)8-14(10)18/h1-6,8,13H,7H2. The molecular weight excluding hydrogens is 305 g/mol. The predicted octanol–water partition coefficient (Wildman–Crippen LogP) is 4.78. The number of hydrogen-bond acceptors (Lipinski definition) is 0. The summed E-state index contributed by atoms with van der Waals surface area (Å²) in [7, 11) is 0. The van der Waals surface area contributed by atoms with Gasteiger partial charge in [-0.3, -0.25) is 0 Å². The lowest BCUT2D eigenvalue weighted by Gasteiger charge is -2.11. The molecule has 0 aromatic heterocycles. The lowest BCUT2D eigenvalue weighted by Crippen LogP contribution is -1.98. The van der Waals surface area contributed by atoms with Gasteiger partial charge in [-0.25, -0.2) is 13.2 Å². The van der Waals surface area contributed by atoms with Crippen LogP contribution in [-0.4, -0.2) is 0 Å². The number of halogens is 4. The second kappa shape index (κ2) is 5.57. The molecule has 0 aliphatic rings. The van der Waals surface area contributed by atoms with E-state index in [1.807, 2.05) is 0 Å². The zero-order chi connectivity index (χ0) is 13.1. The fourth-order valence-corrected chi connectivity index (χ4v) is 2.32. The minimum Gasteiger partial charge on any atom is -0.207 e. The van der Waals surface area contributed by atoms with Gasteiger partial charge in [0.25, 0.3) is 0 Å². The van der Waals surface area contributed by atoms with Gasteiger partial charge in [0.05, 0.1) is 0 Å². The maximum absolute atomic E-state index is 13.5. The SMILES string of the molecule is Fc1ccc(C(Br)Cc2ccc(F)cc2F)cc1. The largest absolute Gasteiger partial charge is 0.207 e. The van der Waals surface area contributed by atoms with Crippen molar-refractivity contribution in [1.82, 2.24) is 0 Å². The molecule has 0 aliphatic carbocycles. The molecule has 4 heteroatoms. The van der Waals surface area contributed by atoms with Crippen molar-refractivity contribution < 1.29 is 13.2 Å². The highest BCUT2D eigenvalue weighted by Crippen LogP contribution is 2.28. The van der Waals surface area contributed by atoms with Crippen molar-refractivity contribution in [3.63, 3.8) is 0 Å². The van der Waals surface area contributed by atoms with Crippen LogP contribution < -0.4 is 0 Å². The minimum absolute atomic E-state index is 0.141. The van der Waals surface area contributed by atoms with E-state index >= 15 is 0 Å². The summed E-state index contributed by atoms with van der Waals surface area (Å²) in [5, 5.41) is 0. The normalized spacial score (nSPS) is 12.4. The van der Waals surface area contributed by atoms with Gasteiger partial charge in [0.15, 0.2) is 0 Å². The highest BCUT2D eigenvalue weighted by Gasteiger charge is 2.12. The van der Waals surface area contributed by atoms with E-state index in [2.05, 4.69) is 15.9 Å². The smallest absolute Gasteiger partial charge is 0.129 e. The maximum atomic E-state index is 13.5. The molecule has 0 aliphatic heterocycles. The first-order chi connectivity index (χ1) is 8.56. The Labute approximate surface area is 112 Å². The van der Waals surface area contributed by atoms with E-state index in [9.17, 15) is 13.2 Å². The summed E-state index contributed by atoms with van der Waals surface area (Å²) in [5.74, 6) is -1.47. The maximum Gasteiger partial charge on any atom is 0.129 e. The molecule has 94 valence electrons. The van der Waals surface area contributed by atoms with Gasteiger partial charge < -0.3 is 0 Å². The first-order valence-corrected chi connectivity index (χ1v) is 6.31. The van der Waals surface area contributed by atoms with Crippen molar-refractivity contribution >= 4 is 15.9 Å². The van der Waals surface area contributed by atoms with E-state index < -0.39 is 11.6 Å². The van der Waals surface area contributed by atoms with Crippen molar-refractivity contribution in [2.75, 3.05) is 0 Å². The molecule has 0 amide bonds. The first-order valence-electron chi connectivity index (χ1n) is 5.40. The van der Waals surface area contributed by atoms with Crippen molar-refractivity contribution in [2.45, 2.75) is 11.2 Å². The van der Waals surface area contributed by atoms with E-state index in [4.69, 9.17) is 0 Å². The van der Waals surface area contributed by atoms with Crippen LogP contribution in [0.15, 0.2) is 42.5 Å². The van der Waals surface area contributed by atoms with Crippen LogP contribution in [-0.2, 0) is 6.42 Å². The van der Waals surface area contributed by atoms with Crippen LogP contribution in [0, 0.1) is 17.5 Å².